The van der Waals surface area contributed by atoms with Crippen molar-refractivity contribution >= 4 is 109 Å². The lowest BCUT2D eigenvalue weighted by atomic mass is 10.2. The topological polar surface area (TPSA) is 12.0 Å². The summed E-state index contributed by atoms with van der Waals surface area (Å²) in [5.74, 6) is 4.48. The molecule has 0 bridgehead atoms. The minimum absolute atomic E-state index is 0.407. The summed E-state index contributed by atoms with van der Waals surface area (Å²) in [4.78, 5) is 0. The lowest BCUT2D eigenvalue weighted by molar-refractivity contribution is 1.59. The lowest BCUT2D eigenvalue weighted by Gasteiger charge is -2.29. The summed E-state index contributed by atoms with van der Waals surface area (Å²) in [5, 5.41) is 6.73. The molecule has 35 heavy (non-hydrogen) atoms. The van der Waals surface area contributed by atoms with Crippen molar-refractivity contribution in [2.24, 2.45) is 0 Å². The highest BCUT2D eigenvalue weighted by atomic mass is 32.5. The molecule has 2 aromatic carbocycles. The van der Waals surface area contributed by atoms with Gasteiger partial charge in [0, 0.05) is 45.6 Å². The molecule has 0 aliphatic rings. The molecule has 0 spiro atoms. The van der Waals surface area contributed by atoms with Crippen LogP contribution in [0.15, 0.2) is 48.5 Å². The number of anilines is 2. The average molecular weight is 658 g/mol. The molecule has 196 valence electrons. The Morgan fingerprint density at radius 1 is 0.514 bits per heavy atom. The molecule has 1 N–H and O–H groups in total. The minimum Gasteiger partial charge on any atom is -0.354 e. The van der Waals surface area contributed by atoms with Crippen LogP contribution in [0.3, 0.4) is 0 Å². The predicted octanol–water partition coefficient (Wildman–Crippen LogP) is 8.43. The molecule has 0 amide bonds. The third kappa shape index (κ3) is 13.1. The predicted molar refractivity (Wildman–Crippen MR) is 193 cm³/mol. The van der Waals surface area contributed by atoms with Gasteiger partial charge in [-0.25, -0.2) is 0 Å². The van der Waals surface area contributed by atoms with Crippen molar-refractivity contribution in [3.05, 3.63) is 48.5 Å². The first kappa shape index (κ1) is 32.9. The van der Waals surface area contributed by atoms with E-state index in [9.17, 15) is 0 Å². The van der Waals surface area contributed by atoms with Crippen molar-refractivity contribution in [1.29, 1.82) is 0 Å². The van der Waals surface area contributed by atoms with E-state index < -0.39 is 40.0 Å². The number of hydrogen-bond acceptors (Lipinski definition) is 5. The van der Waals surface area contributed by atoms with Crippen LogP contribution in [0.2, 0.25) is 0 Å². The fourth-order valence-electron chi connectivity index (χ4n) is 3.89. The number of nitrogens with one attached hydrogen (secondary N) is 1. The van der Waals surface area contributed by atoms with Gasteiger partial charge in [-0.3, -0.25) is 0 Å². The van der Waals surface area contributed by atoms with Crippen molar-refractivity contribution < 1.29 is 0 Å². The zero-order valence-corrected chi connectivity index (χ0v) is 30.9. The largest absolute Gasteiger partial charge is 0.354 e. The van der Waals surface area contributed by atoms with Crippen LogP contribution in [-0.2, 0) is 47.2 Å². The standard InChI is InChI=1S/C24H41NP6S4/c1-28(2,32)17-26(18-29(3,4)33)23-15-11-9-13-21(23)25-22-14-10-12-16-24(22)27(19-30(5,6)34)20-31(7,8)35/h9-16,25H,17-20H2,1-8H3. The molecule has 0 atom stereocenters. The van der Waals surface area contributed by atoms with Crippen LogP contribution in [0.5, 0.6) is 0 Å². The SMILES string of the molecule is CP(C)(=S)CP(CP(C)(C)=S)c1ccccc1Nc1ccccc1P(CP(C)(C)=S)CP(C)(C)=S. The van der Waals surface area contributed by atoms with E-state index in [0.717, 1.165) is 23.6 Å². The van der Waals surface area contributed by atoms with Gasteiger partial charge in [0.2, 0.25) is 0 Å². The molecule has 0 saturated heterocycles. The number of rotatable bonds is 12. The second-order valence-electron chi connectivity index (χ2n) is 11.1. The monoisotopic (exact) mass is 657 g/mol. The van der Waals surface area contributed by atoms with Crippen molar-refractivity contribution in [3.8, 4) is 0 Å². The van der Waals surface area contributed by atoms with E-state index in [2.05, 4.69) is 107 Å². The van der Waals surface area contributed by atoms with Crippen molar-refractivity contribution in [2.75, 3.05) is 82.2 Å². The highest BCUT2D eigenvalue weighted by Gasteiger charge is 2.25. The van der Waals surface area contributed by atoms with E-state index >= 15 is 0 Å². The maximum atomic E-state index is 5.95. The summed E-state index contributed by atoms with van der Waals surface area (Å²) in [7, 11) is -0.815. The van der Waals surface area contributed by atoms with E-state index in [1.54, 1.807) is 0 Å². The smallest absolute Gasteiger partial charge is 0.0462 e. The van der Waals surface area contributed by atoms with Crippen molar-refractivity contribution in [1.82, 2.24) is 0 Å². The van der Waals surface area contributed by atoms with Gasteiger partial charge in [0.1, 0.15) is 0 Å². The molecule has 0 heterocycles. The highest BCUT2D eigenvalue weighted by Crippen LogP contribution is 2.61. The normalized spacial score (nSPS) is 13.4. The third-order valence-corrected chi connectivity index (χ3v) is 27.5. The maximum Gasteiger partial charge on any atom is 0.0462 e. The first-order valence-electron chi connectivity index (χ1n) is 11.4. The highest BCUT2D eigenvalue weighted by molar-refractivity contribution is 8.20. The summed E-state index contributed by atoms with van der Waals surface area (Å²) >= 11 is 23.8. The Hall–Kier alpha value is 1.70. The van der Waals surface area contributed by atoms with E-state index in [4.69, 9.17) is 47.2 Å². The summed E-state index contributed by atoms with van der Waals surface area (Å²) in [6.45, 7) is 18.3. The Morgan fingerprint density at radius 3 is 1.03 bits per heavy atom. The third-order valence-electron chi connectivity index (χ3n) is 4.80. The van der Waals surface area contributed by atoms with E-state index in [1.807, 2.05) is 0 Å². The molecule has 1 nitrogen and oxygen atoms in total. The fraction of sp³-hybridized carbons (Fsp3) is 0.500. The molecule has 0 fully saturated rings. The molecular formula is C24H41NP6S4. The Balaban J connectivity index is 2.56. The van der Waals surface area contributed by atoms with E-state index in [-0.39, 0.29) is 0 Å². The second-order valence-corrected chi connectivity index (χ2v) is 43.2. The van der Waals surface area contributed by atoms with Gasteiger partial charge in [-0.15, -0.1) is 0 Å². The van der Waals surface area contributed by atoms with E-state index in [0.29, 0.717) is 0 Å². The summed E-state index contributed by atoms with van der Waals surface area (Å²) in [6.07, 6.45) is 0. The molecule has 0 unspecified atom stereocenters. The number of para-hydroxylation sites is 2. The molecular weight excluding hydrogens is 616 g/mol. The molecule has 0 radical (unpaired) electrons. The molecule has 2 aromatic rings. The lowest BCUT2D eigenvalue weighted by Crippen LogP contribution is -2.16. The Bertz CT molecular complexity index is 1060. The van der Waals surface area contributed by atoms with Crippen LogP contribution in [0.25, 0.3) is 0 Å². The summed E-state index contributed by atoms with van der Waals surface area (Å²) < 4.78 is 0. The van der Waals surface area contributed by atoms with Crippen LogP contribution < -0.4 is 15.9 Å². The van der Waals surface area contributed by atoms with Crippen LogP contribution in [0.1, 0.15) is 0 Å². The molecule has 0 saturated carbocycles. The minimum atomic E-state index is -1.35. The van der Waals surface area contributed by atoms with Crippen LogP contribution in [0, 0.1) is 0 Å². The van der Waals surface area contributed by atoms with Crippen molar-refractivity contribution in [3.63, 3.8) is 0 Å². The molecule has 0 aliphatic heterocycles. The van der Waals surface area contributed by atoms with Gasteiger partial charge >= 0.3 is 0 Å². The number of hydrogen-bond donors (Lipinski definition) is 1. The van der Waals surface area contributed by atoms with Gasteiger partial charge in [-0.1, -0.05) is 99.5 Å². The quantitative estimate of drug-likeness (QED) is 0.229. The van der Waals surface area contributed by atoms with Crippen LogP contribution in [-0.4, -0.2) is 76.9 Å². The molecule has 0 aromatic heterocycles. The maximum absolute atomic E-state index is 5.95. The molecule has 2 rings (SSSR count). The van der Waals surface area contributed by atoms with Gasteiger partial charge < -0.3 is 5.32 Å². The summed E-state index contributed by atoms with van der Waals surface area (Å²) in [5.41, 5.74) is 2.43. The van der Waals surface area contributed by atoms with Gasteiger partial charge in [-0.2, -0.15) is 0 Å². The Kier molecular flexibility index (Phi) is 12.6. The van der Waals surface area contributed by atoms with Crippen molar-refractivity contribution in [2.45, 2.75) is 0 Å². The van der Waals surface area contributed by atoms with Gasteiger partial charge in [0.25, 0.3) is 0 Å². The van der Waals surface area contributed by atoms with Gasteiger partial charge in [-0.05, 0) is 89.6 Å². The zero-order chi connectivity index (χ0) is 26.7. The van der Waals surface area contributed by atoms with Gasteiger partial charge in [0.15, 0.2) is 0 Å². The average Bonchev–Trinajstić information content (AvgIpc) is 2.63. The Morgan fingerprint density at radius 2 is 0.771 bits per heavy atom. The van der Waals surface area contributed by atoms with Crippen LogP contribution in [0.4, 0.5) is 11.4 Å². The number of benzene rings is 2. The first-order chi connectivity index (χ1) is 15.8. The summed E-state index contributed by atoms with van der Waals surface area (Å²) in [6, 6.07) is 12.3. The van der Waals surface area contributed by atoms with Gasteiger partial charge in [0.05, 0.1) is 0 Å². The fourth-order valence-corrected chi connectivity index (χ4v) is 28.4. The Labute approximate surface area is 238 Å². The molecule has 11 heteroatoms. The molecule has 0 aliphatic carbocycles. The van der Waals surface area contributed by atoms with E-state index in [1.165, 1.54) is 22.0 Å². The zero-order valence-electron chi connectivity index (χ0n) is 22.3. The second kappa shape index (κ2) is 13.4. The van der Waals surface area contributed by atoms with Crippen LogP contribution >= 0.6 is 40.0 Å². The first-order valence-corrected chi connectivity index (χ1v) is 30.4.